The third kappa shape index (κ3) is 3.12. The first-order valence-electron chi connectivity index (χ1n) is 6.47. The fraction of sp³-hybridized carbons (Fsp3) is 0.692. The molecule has 1 aromatic rings. The van der Waals surface area contributed by atoms with Gasteiger partial charge in [-0.15, -0.1) is 0 Å². The summed E-state index contributed by atoms with van der Waals surface area (Å²) in [7, 11) is 4.00. The first kappa shape index (κ1) is 13.6. The number of carbonyl (C=O) groups is 1. The van der Waals surface area contributed by atoms with E-state index in [1.165, 1.54) is 19.3 Å². The quantitative estimate of drug-likeness (QED) is 0.745. The van der Waals surface area contributed by atoms with Gasteiger partial charge in [0, 0.05) is 13.0 Å². The minimum atomic E-state index is 0.140. The van der Waals surface area contributed by atoms with Crippen molar-refractivity contribution in [2.45, 2.75) is 32.2 Å². The summed E-state index contributed by atoms with van der Waals surface area (Å²) in [5, 5.41) is 4.68. The summed E-state index contributed by atoms with van der Waals surface area (Å²) in [5.74, 6) is 0.701. The molecule has 0 unspecified atom stereocenters. The summed E-state index contributed by atoms with van der Waals surface area (Å²) in [6.45, 7) is 1.55. The average Bonchev–Trinajstić information content (AvgIpc) is 2.62. The molecule has 2 rings (SSSR count). The van der Waals surface area contributed by atoms with Gasteiger partial charge in [-0.05, 0) is 20.0 Å². The van der Waals surface area contributed by atoms with Crippen LogP contribution in [0.3, 0.4) is 0 Å². The van der Waals surface area contributed by atoms with Crippen molar-refractivity contribution < 1.29 is 4.79 Å². The third-order valence-corrected chi connectivity index (χ3v) is 3.79. The summed E-state index contributed by atoms with van der Waals surface area (Å²) in [4.78, 5) is 14.3. The molecule has 1 fully saturated rings. The van der Waals surface area contributed by atoms with Crippen LogP contribution in [-0.2, 0) is 6.54 Å². The zero-order chi connectivity index (χ0) is 13.1. The van der Waals surface area contributed by atoms with Gasteiger partial charge in [-0.2, -0.15) is 5.10 Å². The lowest BCUT2D eigenvalue weighted by Gasteiger charge is -2.24. The van der Waals surface area contributed by atoms with Crippen molar-refractivity contribution in [2.24, 2.45) is 5.92 Å². The molecule has 0 spiro atoms. The second-order valence-corrected chi connectivity index (χ2v) is 5.70. The van der Waals surface area contributed by atoms with E-state index in [0.717, 1.165) is 6.54 Å². The van der Waals surface area contributed by atoms with Gasteiger partial charge in [0.1, 0.15) is 5.69 Å². The molecule has 1 aromatic heterocycles. The Morgan fingerprint density at radius 1 is 1.56 bits per heavy atom. The smallest absolute Gasteiger partial charge is 0.182 e. The van der Waals surface area contributed by atoms with Gasteiger partial charge in [-0.3, -0.25) is 9.48 Å². The van der Waals surface area contributed by atoms with Crippen LogP contribution in [0.2, 0.25) is 5.02 Å². The van der Waals surface area contributed by atoms with Crippen molar-refractivity contribution >= 4 is 17.4 Å². The monoisotopic (exact) mass is 269 g/mol. The van der Waals surface area contributed by atoms with Crippen molar-refractivity contribution in [3.63, 3.8) is 0 Å². The lowest BCUT2D eigenvalue weighted by molar-refractivity contribution is 0.0925. The highest BCUT2D eigenvalue weighted by atomic mass is 35.5. The Kier molecular flexibility index (Phi) is 4.40. The topological polar surface area (TPSA) is 38.1 Å². The first-order valence-corrected chi connectivity index (χ1v) is 6.85. The Labute approximate surface area is 113 Å². The third-order valence-electron chi connectivity index (χ3n) is 3.52. The number of ketones is 1. The molecule has 18 heavy (non-hydrogen) atoms. The predicted octanol–water partition coefficient (Wildman–Crippen LogP) is 2.47. The lowest BCUT2D eigenvalue weighted by atomic mass is 9.81. The number of rotatable bonds is 6. The molecule has 4 nitrogen and oxygen atoms in total. The van der Waals surface area contributed by atoms with Crippen molar-refractivity contribution in [2.75, 3.05) is 20.6 Å². The van der Waals surface area contributed by atoms with Crippen LogP contribution in [-0.4, -0.2) is 41.1 Å². The molecule has 0 amide bonds. The highest BCUT2D eigenvalue weighted by molar-refractivity contribution is 6.33. The van der Waals surface area contributed by atoms with E-state index in [0.29, 0.717) is 29.6 Å². The molecular weight excluding hydrogens is 250 g/mol. The summed E-state index contributed by atoms with van der Waals surface area (Å²) >= 11 is 6.08. The highest BCUT2D eigenvalue weighted by Gasteiger charge is 2.25. The summed E-state index contributed by atoms with van der Waals surface area (Å²) in [5.41, 5.74) is 0.588. The maximum Gasteiger partial charge on any atom is 0.182 e. The molecule has 0 aliphatic heterocycles. The fourth-order valence-electron chi connectivity index (χ4n) is 2.16. The Bertz CT molecular complexity index is 424. The molecule has 0 aromatic carbocycles. The Hall–Kier alpha value is -0.870. The van der Waals surface area contributed by atoms with Crippen LogP contribution in [0.25, 0.3) is 0 Å². The van der Waals surface area contributed by atoms with Crippen LogP contribution < -0.4 is 0 Å². The number of halogens is 1. The highest BCUT2D eigenvalue weighted by Crippen LogP contribution is 2.31. The van der Waals surface area contributed by atoms with E-state index in [1.807, 2.05) is 14.1 Å². The average molecular weight is 270 g/mol. The van der Waals surface area contributed by atoms with E-state index >= 15 is 0 Å². The second-order valence-electron chi connectivity index (χ2n) is 5.29. The van der Waals surface area contributed by atoms with Gasteiger partial charge in [0.25, 0.3) is 0 Å². The van der Waals surface area contributed by atoms with E-state index in [-0.39, 0.29) is 5.78 Å². The number of Topliss-reactive ketones (excluding diaryl/α,β-unsaturated/α-hetero) is 1. The standard InChI is InChI=1S/C13H20ClN3O/c1-16(2)6-7-17-13(11(14)9-15-17)12(18)8-10-4-3-5-10/h9-10H,3-8H2,1-2H3. The Morgan fingerprint density at radius 3 is 2.83 bits per heavy atom. The summed E-state index contributed by atoms with van der Waals surface area (Å²) < 4.78 is 1.74. The van der Waals surface area contributed by atoms with Crippen LogP contribution in [0.15, 0.2) is 6.20 Å². The first-order chi connectivity index (χ1) is 8.58. The van der Waals surface area contributed by atoms with Crippen LogP contribution >= 0.6 is 11.6 Å². The van der Waals surface area contributed by atoms with E-state index in [9.17, 15) is 4.79 Å². The molecular formula is C13H20ClN3O. The van der Waals surface area contributed by atoms with Gasteiger partial charge in [0.15, 0.2) is 5.78 Å². The van der Waals surface area contributed by atoms with E-state index in [2.05, 4.69) is 10.00 Å². The van der Waals surface area contributed by atoms with Crippen molar-refractivity contribution in [3.05, 3.63) is 16.9 Å². The number of carbonyl (C=O) groups excluding carboxylic acids is 1. The molecule has 5 heteroatoms. The van der Waals surface area contributed by atoms with E-state index in [4.69, 9.17) is 11.6 Å². The Morgan fingerprint density at radius 2 is 2.28 bits per heavy atom. The number of likely N-dealkylation sites (N-methyl/N-ethyl adjacent to an activating group) is 1. The van der Waals surface area contributed by atoms with Crippen LogP contribution in [0, 0.1) is 5.92 Å². The predicted molar refractivity (Wildman–Crippen MR) is 72.1 cm³/mol. The van der Waals surface area contributed by atoms with Gasteiger partial charge < -0.3 is 4.90 Å². The maximum atomic E-state index is 12.2. The molecule has 0 atom stereocenters. The molecule has 0 saturated heterocycles. The summed E-state index contributed by atoms with van der Waals surface area (Å²) in [6, 6.07) is 0. The van der Waals surface area contributed by atoms with Crippen LogP contribution in [0.5, 0.6) is 0 Å². The molecule has 0 radical (unpaired) electrons. The largest absolute Gasteiger partial charge is 0.308 e. The van der Waals surface area contributed by atoms with E-state index < -0.39 is 0 Å². The summed E-state index contributed by atoms with van der Waals surface area (Å²) in [6.07, 6.45) is 5.80. The molecule has 1 aliphatic carbocycles. The normalized spacial score (nSPS) is 16.0. The van der Waals surface area contributed by atoms with Gasteiger partial charge >= 0.3 is 0 Å². The van der Waals surface area contributed by atoms with Crippen molar-refractivity contribution in [1.29, 1.82) is 0 Å². The minimum Gasteiger partial charge on any atom is -0.308 e. The van der Waals surface area contributed by atoms with Crippen LogP contribution in [0.1, 0.15) is 36.2 Å². The van der Waals surface area contributed by atoms with Gasteiger partial charge in [0.05, 0.1) is 17.8 Å². The minimum absolute atomic E-state index is 0.140. The zero-order valence-corrected chi connectivity index (χ0v) is 11.8. The van der Waals surface area contributed by atoms with Gasteiger partial charge in [-0.25, -0.2) is 0 Å². The SMILES string of the molecule is CN(C)CCn1ncc(Cl)c1C(=O)CC1CCC1. The molecule has 0 bridgehead atoms. The zero-order valence-electron chi connectivity index (χ0n) is 11.0. The molecule has 1 aliphatic rings. The van der Waals surface area contributed by atoms with Gasteiger partial charge in [-0.1, -0.05) is 30.9 Å². The molecule has 0 N–H and O–H groups in total. The molecule has 1 saturated carbocycles. The van der Waals surface area contributed by atoms with Crippen LogP contribution in [0.4, 0.5) is 0 Å². The number of hydrogen-bond acceptors (Lipinski definition) is 3. The van der Waals surface area contributed by atoms with Crippen molar-refractivity contribution in [3.8, 4) is 0 Å². The van der Waals surface area contributed by atoms with E-state index in [1.54, 1.807) is 10.9 Å². The number of hydrogen-bond donors (Lipinski definition) is 0. The second kappa shape index (κ2) is 5.85. The maximum absolute atomic E-state index is 12.2. The molecule has 1 heterocycles. The van der Waals surface area contributed by atoms with Gasteiger partial charge in [0.2, 0.25) is 0 Å². The van der Waals surface area contributed by atoms with Crippen molar-refractivity contribution in [1.82, 2.24) is 14.7 Å². The number of nitrogens with zero attached hydrogens (tertiary/aromatic N) is 3. The number of aromatic nitrogens is 2. The fourth-order valence-corrected chi connectivity index (χ4v) is 2.41. The lowest BCUT2D eigenvalue weighted by Crippen LogP contribution is -2.23. The molecule has 100 valence electrons. The Balaban J connectivity index is 2.04.